The number of hydrogen-bond donors (Lipinski definition) is 0. The molecule has 0 amide bonds. The van der Waals surface area contributed by atoms with Gasteiger partial charge in [0.2, 0.25) is 5.89 Å². The molecule has 0 aliphatic rings. The zero-order chi connectivity index (χ0) is 12.4. The van der Waals surface area contributed by atoms with E-state index in [4.69, 9.17) is 4.42 Å². The van der Waals surface area contributed by atoms with E-state index in [1.165, 1.54) is 4.68 Å². The fourth-order valence-electron chi connectivity index (χ4n) is 1.49. The topological polar surface area (TPSA) is 48.0 Å². The molecule has 0 radical (unpaired) electrons. The molecule has 0 N–H and O–H groups in total. The summed E-state index contributed by atoms with van der Waals surface area (Å²) in [6.45, 7) is 4.11. The molecule has 1 heterocycles. The van der Waals surface area contributed by atoms with E-state index in [1.54, 1.807) is 0 Å². The smallest absolute Gasteiger partial charge is 0.392 e. The summed E-state index contributed by atoms with van der Waals surface area (Å²) in [7, 11) is 0. The van der Waals surface area contributed by atoms with Crippen molar-refractivity contribution in [3.05, 3.63) is 45.2 Å². The Kier molecular flexibility index (Phi) is 3.47. The number of aromatic nitrogens is 2. The summed E-state index contributed by atoms with van der Waals surface area (Å²) >= 11 is 3.34. The molecular formula is C12H13BrN2O2. The Morgan fingerprint density at radius 3 is 2.59 bits per heavy atom. The highest BCUT2D eigenvalue weighted by molar-refractivity contribution is 9.10. The Morgan fingerprint density at radius 2 is 2.00 bits per heavy atom. The normalized spacial score (nSPS) is 11.1. The summed E-state index contributed by atoms with van der Waals surface area (Å²) in [5.74, 6) is 0.447. The van der Waals surface area contributed by atoms with Gasteiger partial charge in [0.1, 0.15) is 0 Å². The highest BCUT2D eigenvalue weighted by Crippen LogP contribution is 2.13. The van der Waals surface area contributed by atoms with Gasteiger partial charge in [-0.15, -0.1) is 5.10 Å². The van der Waals surface area contributed by atoms with E-state index >= 15 is 0 Å². The van der Waals surface area contributed by atoms with Crippen LogP contribution in [-0.4, -0.2) is 9.78 Å². The second kappa shape index (κ2) is 4.87. The van der Waals surface area contributed by atoms with Crippen LogP contribution in [0.4, 0.5) is 0 Å². The molecule has 1 aromatic heterocycles. The lowest BCUT2D eigenvalue weighted by molar-refractivity contribution is 0.432. The maximum absolute atomic E-state index is 11.6. The summed E-state index contributed by atoms with van der Waals surface area (Å²) in [4.78, 5) is 11.6. The van der Waals surface area contributed by atoms with Gasteiger partial charge in [-0.05, 0) is 30.2 Å². The maximum Gasteiger partial charge on any atom is 0.441 e. The molecule has 0 atom stereocenters. The van der Waals surface area contributed by atoms with E-state index in [0.717, 1.165) is 4.47 Å². The van der Waals surface area contributed by atoms with Crippen molar-refractivity contribution >= 4 is 15.9 Å². The van der Waals surface area contributed by atoms with Crippen molar-refractivity contribution in [1.29, 1.82) is 0 Å². The minimum Gasteiger partial charge on any atom is -0.392 e. The summed E-state index contributed by atoms with van der Waals surface area (Å²) in [5, 5.41) is 4.17. The second-order valence-electron chi connectivity index (χ2n) is 4.25. The molecule has 17 heavy (non-hydrogen) atoms. The van der Waals surface area contributed by atoms with E-state index in [2.05, 4.69) is 34.9 Å². The molecular weight excluding hydrogens is 284 g/mol. The molecule has 0 aliphatic heterocycles. The zero-order valence-electron chi connectivity index (χ0n) is 9.68. The van der Waals surface area contributed by atoms with E-state index in [9.17, 15) is 4.79 Å². The third-order valence-electron chi connectivity index (χ3n) is 2.24. The predicted octanol–water partition coefficient (Wildman–Crippen LogP) is 2.79. The molecule has 5 heteroatoms. The monoisotopic (exact) mass is 296 g/mol. The van der Waals surface area contributed by atoms with Crippen LogP contribution in [0.2, 0.25) is 0 Å². The zero-order valence-corrected chi connectivity index (χ0v) is 11.3. The Labute approximate surface area is 107 Å². The molecule has 90 valence electrons. The van der Waals surface area contributed by atoms with Crippen LogP contribution in [0.1, 0.15) is 19.7 Å². The van der Waals surface area contributed by atoms with Crippen molar-refractivity contribution in [1.82, 2.24) is 9.78 Å². The average molecular weight is 297 g/mol. The molecule has 0 saturated heterocycles. The van der Waals surface area contributed by atoms with Crippen LogP contribution in [0.15, 0.2) is 37.9 Å². The lowest BCUT2D eigenvalue weighted by atomic mass is 10.1. The Balaban J connectivity index is 2.36. The third kappa shape index (κ3) is 2.85. The van der Waals surface area contributed by atoms with Gasteiger partial charge in [0.15, 0.2) is 0 Å². The first kappa shape index (κ1) is 12.1. The number of rotatable bonds is 3. The van der Waals surface area contributed by atoms with Gasteiger partial charge in [0.25, 0.3) is 0 Å². The Morgan fingerprint density at radius 1 is 1.35 bits per heavy atom. The van der Waals surface area contributed by atoms with Gasteiger partial charge < -0.3 is 4.42 Å². The Bertz CT molecular complexity index is 555. The lowest BCUT2D eigenvalue weighted by Gasteiger charge is -1.98. The van der Waals surface area contributed by atoms with Crippen LogP contribution in [0.3, 0.4) is 0 Å². The summed E-state index contributed by atoms with van der Waals surface area (Å²) < 4.78 is 7.34. The van der Waals surface area contributed by atoms with Gasteiger partial charge in [-0.1, -0.05) is 29.8 Å². The first-order valence-electron chi connectivity index (χ1n) is 5.41. The SMILES string of the molecule is CC(C)Cc1nn(-c2ccc(Br)cc2)c(=O)o1. The fraction of sp³-hybridized carbons (Fsp3) is 0.333. The lowest BCUT2D eigenvalue weighted by Crippen LogP contribution is -2.13. The number of benzene rings is 1. The quantitative estimate of drug-likeness (QED) is 0.875. The minimum absolute atomic E-state index is 0.409. The van der Waals surface area contributed by atoms with Crippen LogP contribution in [0.5, 0.6) is 0 Å². The van der Waals surface area contributed by atoms with E-state index < -0.39 is 5.76 Å². The van der Waals surface area contributed by atoms with E-state index in [-0.39, 0.29) is 0 Å². The molecule has 0 bridgehead atoms. The fourth-order valence-corrected chi connectivity index (χ4v) is 1.76. The summed E-state index contributed by atoms with van der Waals surface area (Å²) in [5.41, 5.74) is 0.706. The standard InChI is InChI=1S/C12H13BrN2O2/c1-8(2)7-11-14-15(12(16)17-11)10-5-3-9(13)4-6-10/h3-6,8H,7H2,1-2H3. The van der Waals surface area contributed by atoms with Gasteiger partial charge in [-0.3, -0.25) is 0 Å². The molecule has 1 aromatic carbocycles. The van der Waals surface area contributed by atoms with Crippen LogP contribution in [0.25, 0.3) is 5.69 Å². The number of halogens is 1. The molecule has 2 aromatic rings. The van der Waals surface area contributed by atoms with Crippen molar-refractivity contribution in [2.75, 3.05) is 0 Å². The van der Waals surface area contributed by atoms with Gasteiger partial charge in [-0.2, -0.15) is 4.68 Å². The van der Waals surface area contributed by atoms with Gasteiger partial charge >= 0.3 is 5.76 Å². The molecule has 0 aliphatic carbocycles. The van der Waals surface area contributed by atoms with Gasteiger partial charge in [0, 0.05) is 10.9 Å². The predicted molar refractivity (Wildman–Crippen MR) is 68.3 cm³/mol. The van der Waals surface area contributed by atoms with E-state index in [0.29, 0.717) is 23.9 Å². The first-order chi connectivity index (χ1) is 8.06. The van der Waals surface area contributed by atoms with Crippen molar-refractivity contribution in [2.45, 2.75) is 20.3 Å². The second-order valence-corrected chi connectivity index (χ2v) is 5.16. The summed E-state index contributed by atoms with van der Waals surface area (Å²) in [6, 6.07) is 7.34. The molecule has 0 spiro atoms. The van der Waals surface area contributed by atoms with E-state index in [1.807, 2.05) is 24.3 Å². The highest BCUT2D eigenvalue weighted by Gasteiger charge is 2.10. The van der Waals surface area contributed by atoms with Gasteiger partial charge in [-0.25, -0.2) is 4.79 Å². The van der Waals surface area contributed by atoms with Crippen LogP contribution in [0, 0.1) is 5.92 Å². The van der Waals surface area contributed by atoms with Crippen LogP contribution < -0.4 is 5.76 Å². The largest absolute Gasteiger partial charge is 0.441 e. The van der Waals surface area contributed by atoms with Crippen molar-refractivity contribution in [3.8, 4) is 5.69 Å². The minimum atomic E-state index is -0.442. The molecule has 4 nitrogen and oxygen atoms in total. The first-order valence-corrected chi connectivity index (χ1v) is 6.20. The molecule has 0 saturated carbocycles. The van der Waals surface area contributed by atoms with Crippen molar-refractivity contribution in [3.63, 3.8) is 0 Å². The molecule has 0 fully saturated rings. The van der Waals surface area contributed by atoms with Crippen molar-refractivity contribution < 1.29 is 4.42 Å². The molecule has 2 rings (SSSR count). The van der Waals surface area contributed by atoms with Crippen LogP contribution in [-0.2, 0) is 6.42 Å². The highest BCUT2D eigenvalue weighted by atomic mass is 79.9. The number of nitrogens with zero attached hydrogens (tertiary/aromatic N) is 2. The maximum atomic E-state index is 11.6. The third-order valence-corrected chi connectivity index (χ3v) is 2.77. The number of hydrogen-bond acceptors (Lipinski definition) is 3. The molecule has 0 unspecified atom stereocenters. The van der Waals surface area contributed by atoms with Crippen molar-refractivity contribution in [2.24, 2.45) is 5.92 Å². The summed E-state index contributed by atoms with van der Waals surface area (Å²) in [6.07, 6.45) is 0.665. The van der Waals surface area contributed by atoms with Gasteiger partial charge in [0.05, 0.1) is 5.69 Å². The average Bonchev–Trinajstić information content (AvgIpc) is 2.59. The Hall–Kier alpha value is -1.36. The van der Waals surface area contributed by atoms with Crippen LogP contribution >= 0.6 is 15.9 Å².